The Hall–Kier alpha value is -1.94. The molecule has 0 N–H and O–H groups in total. The van der Waals surface area contributed by atoms with E-state index in [9.17, 15) is 26.4 Å². The molecule has 0 aromatic heterocycles. The van der Waals surface area contributed by atoms with Gasteiger partial charge in [-0.15, -0.1) is 0 Å². The van der Waals surface area contributed by atoms with E-state index in [4.69, 9.17) is 0 Å². The third kappa shape index (κ3) is 3.73. The van der Waals surface area contributed by atoms with E-state index in [1.165, 1.54) is 23.1 Å². The first-order valence-corrected chi connectivity index (χ1v) is 11.9. The van der Waals surface area contributed by atoms with Crippen molar-refractivity contribution in [3.8, 4) is 0 Å². The molecule has 1 saturated heterocycles. The van der Waals surface area contributed by atoms with Gasteiger partial charge in [0.15, 0.2) is 9.84 Å². The quantitative estimate of drug-likeness (QED) is 0.694. The van der Waals surface area contributed by atoms with E-state index >= 15 is 0 Å². The summed E-state index contributed by atoms with van der Waals surface area (Å²) in [6.45, 7) is 3.45. The Morgan fingerprint density at radius 1 is 1.22 bits per heavy atom. The largest absolute Gasteiger partial charge is 0.337 e. The molecule has 2 heterocycles. The Morgan fingerprint density at radius 2 is 1.89 bits per heavy atom. The Labute approximate surface area is 159 Å². The van der Waals surface area contributed by atoms with Gasteiger partial charge in [0, 0.05) is 12.6 Å². The van der Waals surface area contributed by atoms with Crippen molar-refractivity contribution in [2.45, 2.75) is 31.2 Å². The molecular weight excluding hydrogens is 392 g/mol. The molecule has 27 heavy (non-hydrogen) atoms. The molecule has 8 nitrogen and oxygen atoms in total. The normalized spacial score (nSPS) is 22.9. The van der Waals surface area contributed by atoms with Crippen LogP contribution in [0.1, 0.15) is 30.6 Å². The lowest BCUT2D eigenvalue weighted by molar-refractivity contribution is -0.133. The summed E-state index contributed by atoms with van der Waals surface area (Å²) in [6.07, 6.45) is 0.321. The van der Waals surface area contributed by atoms with Gasteiger partial charge in [0.1, 0.15) is 11.4 Å². The summed E-state index contributed by atoms with van der Waals surface area (Å²) in [5.41, 5.74) is 0.0455. The lowest BCUT2D eigenvalue weighted by Crippen LogP contribution is -2.48. The van der Waals surface area contributed by atoms with Gasteiger partial charge < -0.3 is 4.90 Å². The number of carbonyl (C=O) groups excluding carboxylic acids is 2. The number of hydrogen-bond acceptors (Lipinski definition) is 6. The van der Waals surface area contributed by atoms with Crippen LogP contribution in [0, 0.1) is 5.92 Å². The fourth-order valence-corrected chi connectivity index (χ4v) is 6.72. The van der Waals surface area contributed by atoms with Crippen LogP contribution in [-0.2, 0) is 24.7 Å². The molecule has 0 bridgehead atoms. The minimum Gasteiger partial charge on any atom is -0.337 e. The zero-order chi connectivity index (χ0) is 20.0. The molecule has 1 aromatic rings. The summed E-state index contributed by atoms with van der Waals surface area (Å²) >= 11 is 0. The summed E-state index contributed by atoms with van der Waals surface area (Å²) in [4.78, 5) is 26.7. The molecule has 0 unspecified atom stereocenters. The molecule has 2 aliphatic heterocycles. The second-order valence-electron chi connectivity index (χ2n) is 7.31. The molecule has 3 rings (SSSR count). The molecule has 10 heteroatoms. The van der Waals surface area contributed by atoms with Gasteiger partial charge in [0.05, 0.1) is 17.1 Å². The lowest BCUT2D eigenvalue weighted by atomic mass is 10.1. The predicted octanol–water partition coefficient (Wildman–Crippen LogP) is 0.503. The van der Waals surface area contributed by atoms with Crippen LogP contribution >= 0.6 is 0 Å². The van der Waals surface area contributed by atoms with Gasteiger partial charge in [-0.3, -0.25) is 9.59 Å². The molecule has 0 radical (unpaired) electrons. The van der Waals surface area contributed by atoms with E-state index in [2.05, 4.69) is 0 Å². The van der Waals surface area contributed by atoms with Crippen molar-refractivity contribution in [2.75, 3.05) is 24.6 Å². The summed E-state index contributed by atoms with van der Waals surface area (Å²) < 4.78 is 49.5. The van der Waals surface area contributed by atoms with Gasteiger partial charge in [-0.05, 0) is 24.5 Å². The smallest absolute Gasteiger partial charge is 0.269 e. The minimum atomic E-state index is -4.08. The van der Waals surface area contributed by atoms with Crippen LogP contribution in [0.4, 0.5) is 0 Å². The Bertz CT molecular complexity index is 984. The maximum atomic E-state index is 12.9. The van der Waals surface area contributed by atoms with E-state index in [0.717, 1.165) is 0 Å². The van der Waals surface area contributed by atoms with Gasteiger partial charge in [-0.1, -0.05) is 26.0 Å². The van der Waals surface area contributed by atoms with Gasteiger partial charge in [0.2, 0.25) is 5.91 Å². The number of fused-ring (bicyclic) bond motifs is 1. The molecule has 0 saturated carbocycles. The Balaban J connectivity index is 1.85. The van der Waals surface area contributed by atoms with Gasteiger partial charge in [0.25, 0.3) is 15.9 Å². The van der Waals surface area contributed by atoms with E-state index < -0.39 is 44.3 Å². The van der Waals surface area contributed by atoms with Crippen molar-refractivity contribution >= 4 is 31.7 Å². The second kappa shape index (κ2) is 6.90. The van der Waals surface area contributed by atoms with Crippen LogP contribution in [0.15, 0.2) is 29.2 Å². The maximum absolute atomic E-state index is 12.9. The molecule has 0 aliphatic carbocycles. The molecule has 1 aromatic carbocycles. The molecule has 148 valence electrons. The SMILES string of the molecule is CC(C)CN(C(=O)CN1C(=O)c2ccccc2S1(=O)=O)[C@H]1CCS(=O)(=O)C1. The van der Waals surface area contributed by atoms with Crippen molar-refractivity contribution in [1.82, 2.24) is 9.21 Å². The third-order valence-corrected chi connectivity index (χ3v) is 8.26. The van der Waals surface area contributed by atoms with Crippen molar-refractivity contribution in [3.05, 3.63) is 29.8 Å². The van der Waals surface area contributed by atoms with Gasteiger partial charge in [-0.2, -0.15) is 0 Å². The second-order valence-corrected chi connectivity index (χ2v) is 11.4. The maximum Gasteiger partial charge on any atom is 0.269 e. The van der Waals surface area contributed by atoms with Crippen LogP contribution in [0.3, 0.4) is 0 Å². The average molecular weight is 415 g/mol. The fourth-order valence-electron chi connectivity index (χ4n) is 3.47. The van der Waals surface area contributed by atoms with Gasteiger partial charge >= 0.3 is 0 Å². The highest BCUT2D eigenvalue weighted by Gasteiger charge is 2.43. The summed E-state index contributed by atoms with van der Waals surface area (Å²) in [6, 6.07) is 5.33. The molecule has 2 amide bonds. The zero-order valence-corrected chi connectivity index (χ0v) is 16.8. The van der Waals surface area contributed by atoms with Crippen LogP contribution in [0.5, 0.6) is 0 Å². The first kappa shape index (κ1) is 19.8. The number of rotatable bonds is 5. The summed E-state index contributed by atoms with van der Waals surface area (Å²) in [5, 5.41) is 0. The predicted molar refractivity (Wildman–Crippen MR) is 98.3 cm³/mol. The third-order valence-electron chi connectivity index (χ3n) is 4.72. The van der Waals surface area contributed by atoms with Crippen LogP contribution in [0.2, 0.25) is 0 Å². The highest BCUT2D eigenvalue weighted by Crippen LogP contribution is 2.30. The number of carbonyl (C=O) groups is 2. The monoisotopic (exact) mass is 414 g/mol. The van der Waals surface area contributed by atoms with E-state index in [1.54, 1.807) is 6.07 Å². The summed E-state index contributed by atoms with van der Waals surface area (Å²) in [7, 11) is -7.29. The number of amides is 2. The average Bonchev–Trinajstić information content (AvgIpc) is 3.03. The molecular formula is C17H22N2O6S2. The van der Waals surface area contributed by atoms with E-state index in [0.29, 0.717) is 17.3 Å². The minimum absolute atomic E-state index is 0.00588. The van der Waals surface area contributed by atoms with Crippen molar-refractivity contribution in [2.24, 2.45) is 5.92 Å². The van der Waals surface area contributed by atoms with Crippen molar-refractivity contribution in [1.29, 1.82) is 0 Å². The first-order chi connectivity index (χ1) is 12.5. The highest BCUT2D eigenvalue weighted by molar-refractivity contribution is 7.91. The standard InChI is InChI=1S/C17H22N2O6S2/c1-12(2)9-18(13-7-8-26(22,23)11-13)16(20)10-19-17(21)14-5-3-4-6-15(14)27(19,24)25/h3-6,12-13H,7-11H2,1-2H3/t13-/m0/s1. The molecule has 2 aliphatic rings. The first-order valence-electron chi connectivity index (χ1n) is 8.69. The van der Waals surface area contributed by atoms with E-state index in [-0.39, 0.29) is 27.9 Å². The number of nitrogens with zero attached hydrogens (tertiary/aromatic N) is 2. The molecule has 1 fully saturated rings. The van der Waals surface area contributed by atoms with Crippen molar-refractivity contribution < 1.29 is 26.4 Å². The zero-order valence-electron chi connectivity index (χ0n) is 15.2. The van der Waals surface area contributed by atoms with Crippen LogP contribution in [0.25, 0.3) is 0 Å². The Kier molecular flexibility index (Phi) is 5.06. The lowest BCUT2D eigenvalue weighted by Gasteiger charge is -2.31. The van der Waals surface area contributed by atoms with Gasteiger partial charge in [-0.25, -0.2) is 21.1 Å². The highest BCUT2D eigenvalue weighted by atomic mass is 32.2. The number of hydrogen-bond donors (Lipinski definition) is 0. The van der Waals surface area contributed by atoms with Crippen LogP contribution in [-0.4, -0.2) is 68.5 Å². The Morgan fingerprint density at radius 3 is 2.44 bits per heavy atom. The molecule has 0 spiro atoms. The van der Waals surface area contributed by atoms with Crippen molar-refractivity contribution in [3.63, 3.8) is 0 Å². The van der Waals surface area contributed by atoms with E-state index in [1.807, 2.05) is 13.8 Å². The summed E-state index contributed by atoms with van der Waals surface area (Å²) in [5.74, 6) is -1.35. The molecule has 1 atom stereocenters. The number of benzene rings is 1. The number of sulfone groups is 1. The number of sulfonamides is 1. The topological polar surface area (TPSA) is 109 Å². The fraction of sp³-hybridized carbons (Fsp3) is 0.529. The van der Waals surface area contributed by atoms with Crippen LogP contribution < -0.4 is 0 Å².